The number of aryl methyl sites for hydroxylation is 2. The lowest BCUT2D eigenvalue weighted by Crippen LogP contribution is -2.30. The van der Waals surface area contributed by atoms with Gasteiger partial charge in [-0.15, -0.1) is 0 Å². The topological polar surface area (TPSA) is 37.4 Å². The molecule has 2 amide bonds. The molecule has 0 saturated heterocycles. The summed E-state index contributed by atoms with van der Waals surface area (Å²) in [5, 5.41) is 0. The zero-order chi connectivity index (χ0) is 15.3. The molecule has 2 aromatic rings. The Labute approximate surface area is 119 Å². The maximum atomic E-state index is 13.9. The Morgan fingerprint density at radius 3 is 1.86 bits per heavy atom. The molecule has 0 saturated carbocycles. The van der Waals surface area contributed by atoms with Crippen LogP contribution in [0, 0.1) is 25.5 Å². The van der Waals surface area contributed by atoms with E-state index in [1.807, 2.05) is 0 Å². The van der Waals surface area contributed by atoms with Crippen molar-refractivity contribution in [1.82, 2.24) is 0 Å². The summed E-state index contributed by atoms with van der Waals surface area (Å²) < 4.78 is 26.9. The van der Waals surface area contributed by atoms with Crippen molar-refractivity contribution in [2.24, 2.45) is 0 Å². The third-order valence-electron chi connectivity index (χ3n) is 3.61. The highest BCUT2D eigenvalue weighted by molar-refractivity contribution is 6.35. The molecule has 0 aliphatic carbocycles. The second-order valence-electron chi connectivity index (χ2n) is 4.99. The van der Waals surface area contributed by atoms with Gasteiger partial charge in [-0.3, -0.25) is 9.59 Å². The maximum Gasteiger partial charge on any atom is 0.266 e. The van der Waals surface area contributed by atoms with Crippen LogP contribution < -0.4 is 4.90 Å². The summed E-state index contributed by atoms with van der Waals surface area (Å²) in [5.41, 5.74) is 1.63. The largest absolute Gasteiger partial charge is 0.268 e. The Hall–Kier alpha value is -2.56. The summed E-state index contributed by atoms with van der Waals surface area (Å²) in [4.78, 5) is 25.7. The molecule has 21 heavy (non-hydrogen) atoms. The fraction of sp³-hybridized carbons (Fsp3) is 0.125. The van der Waals surface area contributed by atoms with E-state index in [1.54, 1.807) is 26.0 Å². The number of benzene rings is 2. The molecule has 1 aliphatic heterocycles. The molecular formula is C16H11F2NO2. The van der Waals surface area contributed by atoms with E-state index < -0.39 is 23.4 Å². The number of halogens is 2. The van der Waals surface area contributed by atoms with Gasteiger partial charge in [-0.2, -0.15) is 0 Å². The molecule has 0 spiro atoms. The lowest BCUT2D eigenvalue weighted by Gasteiger charge is -2.14. The zero-order valence-electron chi connectivity index (χ0n) is 11.4. The molecule has 1 aliphatic rings. The van der Waals surface area contributed by atoms with Gasteiger partial charge in [0.2, 0.25) is 0 Å². The number of fused-ring (bicyclic) bond motifs is 1. The Kier molecular flexibility index (Phi) is 2.86. The lowest BCUT2D eigenvalue weighted by atomic mass is 9.99. The number of amides is 2. The smallest absolute Gasteiger partial charge is 0.266 e. The minimum absolute atomic E-state index is 0.235. The molecule has 3 nitrogen and oxygen atoms in total. The highest BCUT2D eigenvalue weighted by Crippen LogP contribution is 2.33. The number of hydrogen-bond donors (Lipinski definition) is 0. The van der Waals surface area contributed by atoms with E-state index in [-0.39, 0.29) is 16.8 Å². The van der Waals surface area contributed by atoms with Crippen LogP contribution in [0.1, 0.15) is 31.8 Å². The van der Waals surface area contributed by atoms with Crippen molar-refractivity contribution in [3.8, 4) is 0 Å². The third kappa shape index (κ3) is 1.85. The first-order chi connectivity index (χ1) is 9.91. The minimum Gasteiger partial charge on any atom is -0.268 e. The summed E-state index contributed by atoms with van der Waals surface area (Å²) in [6.07, 6.45) is 0. The fourth-order valence-corrected chi connectivity index (χ4v) is 2.56. The van der Waals surface area contributed by atoms with E-state index in [0.29, 0.717) is 17.2 Å². The Morgan fingerprint density at radius 2 is 1.38 bits per heavy atom. The number of hydrogen-bond acceptors (Lipinski definition) is 2. The van der Waals surface area contributed by atoms with Gasteiger partial charge in [0.15, 0.2) is 0 Å². The van der Waals surface area contributed by atoms with Crippen LogP contribution in [0.5, 0.6) is 0 Å². The molecule has 0 atom stereocenters. The molecule has 0 unspecified atom stereocenters. The first-order valence-electron chi connectivity index (χ1n) is 6.36. The van der Waals surface area contributed by atoms with Crippen molar-refractivity contribution in [3.63, 3.8) is 0 Å². The van der Waals surface area contributed by atoms with Crippen molar-refractivity contribution < 1.29 is 18.4 Å². The Bertz CT molecular complexity index is 758. The van der Waals surface area contributed by atoms with Crippen LogP contribution in [0.4, 0.5) is 14.5 Å². The van der Waals surface area contributed by atoms with Gasteiger partial charge in [-0.1, -0.05) is 12.1 Å². The quantitative estimate of drug-likeness (QED) is 0.754. The van der Waals surface area contributed by atoms with Gasteiger partial charge in [0, 0.05) is 6.07 Å². The molecule has 106 valence electrons. The molecule has 1 heterocycles. The van der Waals surface area contributed by atoms with Gasteiger partial charge in [0.25, 0.3) is 11.8 Å². The Balaban J connectivity index is 2.21. The second kappa shape index (κ2) is 4.48. The van der Waals surface area contributed by atoms with Crippen LogP contribution >= 0.6 is 0 Å². The standard InChI is InChI=1S/C16H11F2NO2/c1-8-3-4-9(2)14-13(8)15(20)19(16(14)21)12-6-5-10(17)7-11(12)18/h3-7H,1-2H3. The van der Waals surface area contributed by atoms with E-state index in [1.165, 1.54) is 0 Å². The van der Waals surface area contributed by atoms with Crippen molar-refractivity contribution in [1.29, 1.82) is 0 Å². The predicted octanol–water partition coefficient (Wildman–Crippen LogP) is 3.38. The molecule has 0 aromatic heterocycles. The molecule has 0 N–H and O–H groups in total. The normalized spacial score (nSPS) is 13.8. The van der Waals surface area contributed by atoms with E-state index >= 15 is 0 Å². The van der Waals surface area contributed by atoms with Gasteiger partial charge >= 0.3 is 0 Å². The molecule has 2 aromatic carbocycles. The van der Waals surface area contributed by atoms with Crippen LogP contribution in [0.3, 0.4) is 0 Å². The molecular weight excluding hydrogens is 276 g/mol. The summed E-state index contributed by atoms with van der Waals surface area (Å²) in [6, 6.07) is 6.24. The predicted molar refractivity (Wildman–Crippen MR) is 73.4 cm³/mol. The van der Waals surface area contributed by atoms with Gasteiger partial charge in [-0.05, 0) is 37.1 Å². The van der Waals surface area contributed by atoms with Crippen molar-refractivity contribution in [2.45, 2.75) is 13.8 Å². The summed E-state index contributed by atoms with van der Waals surface area (Å²) >= 11 is 0. The van der Waals surface area contributed by atoms with Crippen LogP contribution in [-0.2, 0) is 0 Å². The average molecular weight is 287 g/mol. The summed E-state index contributed by atoms with van der Waals surface area (Å²) in [6.45, 7) is 3.43. The maximum absolute atomic E-state index is 13.9. The van der Waals surface area contributed by atoms with Gasteiger partial charge in [0.1, 0.15) is 11.6 Å². The number of carbonyl (C=O) groups is 2. The van der Waals surface area contributed by atoms with Crippen LogP contribution in [0.15, 0.2) is 30.3 Å². The number of nitrogens with zero attached hydrogens (tertiary/aromatic N) is 1. The summed E-state index contributed by atoms with van der Waals surface area (Å²) in [7, 11) is 0. The van der Waals surface area contributed by atoms with Gasteiger partial charge in [-0.25, -0.2) is 13.7 Å². The molecule has 0 fully saturated rings. The van der Waals surface area contributed by atoms with E-state index in [9.17, 15) is 18.4 Å². The average Bonchev–Trinajstić information content (AvgIpc) is 2.68. The van der Waals surface area contributed by atoms with Crippen molar-refractivity contribution in [3.05, 3.63) is 64.2 Å². The molecule has 0 bridgehead atoms. The highest BCUT2D eigenvalue weighted by atomic mass is 19.1. The first kappa shape index (κ1) is 13.4. The Morgan fingerprint density at radius 1 is 0.857 bits per heavy atom. The monoisotopic (exact) mass is 287 g/mol. The van der Waals surface area contributed by atoms with E-state index in [2.05, 4.69) is 0 Å². The van der Waals surface area contributed by atoms with Gasteiger partial charge in [0.05, 0.1) is 16.8 Å². The van der Waals surface area contributed by atoms with Gasteiger partial charge < -0.3 is 0 Å². The fourth-order valence-electron chi connectivity index (χ4n) is 2.56. The van der Waals surface area contributed by atoms with Crippen LogP contribution in [-0.4, -0.2) is 11.8 Å². The van der Waals surface area contributed by atoms with Crippen LogP contribution in [0.25, 0.3) is 0 Å². The third-order valence-corrected chi connectivity index (χ3v) is 3.61. The first-order valence-corrected chi connectivity index (χ1v) is 6.36. The number of anilines is 1. The van der Waals surface area contributed by atoms with E-state index in [4.69, 9.17) is 0 Å². The molecule has 3 rings (SSSR count). The molecule has 5 heteroatoms. The number of carbonyl (C=O) groups excluding carboxylic acids is 2. The summed E-state index contributed by atoms with van der Waals surface area (Å²) in [5.74, 6) is -2.87. The second-order valence-corrected chi connectivity index (χ2v) is 4.99. The number of rotatable bonds is 1. The highest BCUT2D eigenvalue weighted by Gasteiger charge is 2.40. The van der Waals surface area contributed by atoms with Crippen molar-refractivity contribution >= 4 is 17.5 Å². The molecule has 0 radical (unpaired) electrons. The lowest BCUT2D eigenvalue weighted by molar-refractivity contribution is 0.0924. The van der Waals surface area contributed by atoms with Crippen molar-refractivity contribution in [2.75, 3.05) is 4.90 Å². The number of imide groups is 1. The minimum atomic E-state index is -0.945. The van der Waals surface area contributed by atoms with Crippen LogP contribution in [0.2, 0.25) is 0 Å². The zero-order valence-corrected chi connectivity index (χ0v) is 11.4. The SMILES string of the molecule is Cc1ccc(C)c2c1C(=O)N(c1ccc(F)cc1F)C2=O. The van der Waals surface area contributed by atoms with E-state index in [0.717, 1.165) is 17.0 Å².